The molecule has 0 unspecified atom stereocenters. The zero-order chi connectivity index (χ0) is 11.4. The van der Waals surface area contributed by atoms with Crippen LogP contribution in [0.3, 0.4) is 0 Å². The van der Waals surface area contributed by atoms with Gasteiger partial charge in [-0.05, 0) is 12.8 Å². The van der Waals surface area contributed by atoms with Gasteiger partial charge in [0.1, 0.15) is 0 Å². The third-order valence-electron chi connectivity index (χ3n) is 2.94. The van der Waals surface area contributed by atoms with E-state index in [-0.39, 0.29) is 6.03 Å². The van der Waals surface area contributed by atoms with Crippen molar-refractivity contribution in [2.24, 2.45) is 0 Å². The Labute approximate surface area is 99.7 Å². The van der Waals surface area contributed by atoms with E-state index in [0.29, 0.717) is 6.04 Å². The molecule has 0 bridgehead atoms. The van der Waals surface area contributed by atoms with Crippen molar-refractivity contribution in [3.8, 4) is 0 Å². The van der Waals surface area contributed by atoms with E-state index in [0.717, 1.165) is 18.0 Å². The third kappa shape index (κ3) is 2.72. The Morgan fingerprint density at radius 2 is 2.25 bits per heavy atom. The molecule has 0 aliphatic heterocycles. The molecule has 4 nitrogen and oxygen atoms in total. The van der Waals surface area contributed by atoms with Gasteiger partial charge in [-0.25, -0.2) is 9.78 Å². The van der Waals surface area contributed by atoms with Crippen molar-refractivity contribution in [1.82, 2.24) is 10.3 Å². The lowest BCUT2D eigenvalue weighted by atomic mass is 9.96. The second kappa shape index (κ2) is 5.30. The first-order chi connectivity index (χ1) is 7.77. The number of hydrogen-bond donors (Lipinski definition) is 1. The van der Waals surface area contributed by atoms with Crippen LogP contribution in [0.4, 0.5) is 9.93 Å². The molecule has 1 aliphatic carbocycles. The molecule has 0 atom stereocenters. The Morgan fingerprint density at radius 1 is 1.50 bits per heavy atom. The molecular weight excluding hydrogens is 222 g/mol. The average molecular weight is 239 g/mol. The van der Waals surface area contributed by atoms with Gasteiger partial charge < -0.3 is 5.32 Å². The van der Waals surface area contributed by atoms with E-state index in [1.807, 2.05) is 5.38 Å². The highest BCUT2D eigenvalue weighted by molar-refractivity contribution is 7.13. The largest absolute Gasteiger partial charge is 0.335 e. The molecule has 2 amide bonds. The summed E-state index contributed by atoms with van der Waals surface area (Å²) < 4.78 is 0. The van der Waals surface area contributed by atoms with Crippen LogP contribution in [0.2, 0.25) is 0 Å². The van der Waals surface area contributed by atoms with Gasteiger partial charge in [-0.2, -0.15) is 0 Å². The Morgan fingerprint density at radius 3 is 2.88 bits per heavy atom. The fourth-order valence-corrected chi connectivity index (χ4v) is 2.59. The number of urea groups is 1. The van der Waals surface area contributed by atoms with Crippen LogP contribution in [0.15, 0.2) is 11.6 Å². The van der Waals surface area contributed by atoms with Crippen molar-refractivity contribution in [2.45, 2.75) is 38.1 Å². The molecule has 0 radical (unpaired) electrons. The van der Waals surface area contributed by atoms with Crippen molar-refractivity contribution in [2.75, 3.05) is 11.9 Å². The number of carbonyl (C=O) groups excluding carboxylic acids is 1. The summed E-state index contributed by atoms with van der Waals surface area (Å²) in [7, 11) is 1.76. The zero-order valence-corrected chi connectivity index (χ0v) is 10.3. The highest BCUT2D eigenvalue weighted by Gasteiger charge is 2.19. The van der Waals surface area contributed by atoms with Gasteiger partial charge in [0, 0.05) is 24.7 Å². The summed E-state index contributed by atoms with van der Waals surface area (Å²) in [5, 5.41) is 5.68. The average Bonchev–Trinajstić information content (AvgIpc) is 2.83. The van der Waals surface area contributed by atoms with Gasteiger partial charge in [-0.15, -0.1) is 11.3 Å². The first kappa shape index (κ1) is 11.4. The van der Waals surface area contributed by atoms with E-state index < -0.39 is 0 Å². The maximum Gasteiger partial charge on any atom is 0.323 e. The van der Waals surface area contributed by atoms with E-state index >= 15 is 0 Å². The Kier molecular flexibility index (Phi) is 3.77. The number of nitrogens with one attached hydrogen (secondary N) is 1. The predicted molar refractivity (Wildman–Crippen MR) is 65.9 cm³/mol. The van der Waals surface area contributed by atoms with Crippen LogP contribution in [0, 0.1) is 0 Å². The molecule has 1 fully saturated rings. The van der Waals surface area contributed by atoms with E-state index in [1.165, 1.54) is 30.6 Å². The van der Waals surface area contributed by atoms with Gasteiger partial charge in [0.2, 0.25) is 0 Å². The Bertz CT molecular complexity index is 333. The Hall–Kier alpha value is -1.10. The molecular formula is C11H17N3OS. The van der Waals surface area contributed by atoms with Crippen LogP contribution < -0.4 is 10.2 Å². The lowest BCUT2D eigenvalue weighted by Gasteiger charge is -2.25. The smallest absolute Gasteiger partial charge is 0.323 e. The molecule has 1 heterocycles. The van der Waals surface area contributed by atoms with Gasteiger partial charge in [0.05, 0.1) is 0 Å². The van der Waals surface area contributed by atoms with Crippen molar-refractivity contribution < 1.29 is 4.79 Å². The van der Waals surface area contributed by atoms with Gasteiger partial charge in [0.15, 0.2) is 5.13 Å². The summed E-state index contributed by atoms with van der Waals surface area (Å²) in [6.07, 6.45) is 7.69. The number of rotatable bonds is 2. The summed E-state index contributed by atoms with van der Waals surface area (Å²) in [4.78, 5) is 17.6. The number of amides is 2. The summed E-state index contributed by atoms with van der Waals surface area (Å²) >= 11 is 1.48. The lowest BCUT2D eigenvalue weighted by Crippen LogP contribution is -2.43. The molecule has 2 rings (SSSR count). The topological polar surface area (TPSA) is 45.2 Å². The van der Waals surface area contributed by atoms with Crippen LogP contribution >= 0.6 is 11.3 Å². The number of hydrogen-bond acceptors (Lipinski definition) is 3. The van der Waals surface area contributed by atoms with Gasteiger partial charge in [-0.3, -0.25) is 4.90 Å². The zero-order valence-electron chi connectivity index (χ0n) is 9.48. The molecule has 5 heteroatoms. The minimum Gasteiger partial charge on any atom is -0.335 e. The summed E-state index contributed by atoms with van der Waals surface area (Å²) in [5.74, 6) is 0. The van der Waals surface area contributed by atoms with Crippen molar-refractivity contribution in [3.05, 3.63) is 11.6 Å². The first-order valence-corrected chi connectivity index (χ1v) is 6.59. The van der Waals surface area contributed by atoms with Crippen molar-refractivity contribution in [3.63, 3.8) is 0 Å². The molecule has 0 saturated heterocycles. The molecule has 1 aliphatic rings. The van der Waals surface area contributed by atoms with E-state index in [2.05, 4.69) is 10.3 Å². The predicted octanol–water partition coefficient (Wildman–Crippen LogP) is 2.62. The van der Waals surface area contributed by atoms with Crippen LogP contribution in [-0.2, 0) is 0 Å². The normalized spacial score (nSPS) is 17.1. The highest BCUT2D eigenvalue weighted by Crippen LogP contribution is 2.19. The molecule has 1 aromatic heterocycles. The fraction of sp³-hybridized carbons (Fsp3) is 0.636. The number of nitrogens with zero attached hydrogens (tertiary/aromatic N) is 2. The summed E-state index contributed by atoms with van der Waals surface area (Å²) in [6, 6.07) is 0.311. The Balaban J connectivity index is 1.87. The van der Waals surface area contributed by atoms with E-state index in [4.69, 9.17) is 0 Å². The molecule has 88 valence electrons. The summed E-state index contributed by atoms with van der Waals surface area (Å²) in [5.41, 5.74) is 0. The number of thiazole rings is 1. The lowest BCUT2D eigenvalue weighted by molar-refractivity contribution is 0.239. The van der Waals surface area contributed by atoms with Gasteiger partial charge in [-0.1, -0.05) is 19.3 Å². The van der Waals surface area contributed by atoms with Gasteiger partial charge in [0.25, 0.3) is 0 Å². The number of anilines is 1. The minimum atomic E-state index is -0.0400. The standard InChI is InChI=1S/C11H17N3OS/c1-14(11-12-7-8-16-11)10(15)13-9-5-3-2-4-6-9/h7-9H,2-6H2,1H3,(H,13,15). The molecule has 1 saturated carbocycles. The maximum absolute atomic E-state index is 11.9. The van der Waals surface area contributed by atoms with Crippen LogP contribution in [-0.4, -0.2) is 24.1 Å². The fourth-order valence-electron chi connectivity index (χ4n) is 1.99. The second-order valence-electron chi connectivity index (χ2n) is 4.16. The molecule has 1 aromatic rings. The summed E-state index contributed by atoms with van der Waals surface area (Å²) in [6.45, 7) is 0. The van der Waals surface area contributed by atoms with E-state index in [9.17, 15) is 4.79 Å². The highest BCUT2D eigenvalue weighted by atomic mass is 32.1. The SMILES string of the molecule is CN(C(=O)NC1CCCCC1)c1nccs1. The minimum absolute atomic E-state index is 0.0400. The third-order valence-corrected chi connectivity index (χ3v) is 3.79. The second-order valence-corrected chi connectivity index (χ2v) is 5.03. The molecule has 0 aromatic carbocycles. The van der Waals surface area contributed by atoms with Crippen molar-refractivity contribution >= 4 is 22.5 Å². The van der Waals surface area contributed by atoms with Crippen LogP contribution in [0.5, 0.6) is 0 Å². The van der Waals surface area contributed by atoms with Crippen LogP contribution in [0.1, 0.15) is 32.1 Å². The number of aromatic nitrogens is 1. The first-order valence-electron chi connectivity index (χ1n) is 5.71. The molecule has 16 heavy (non-hydrogen) atoms. The van der Waals surface area contributed by atoms with Gasteiger partial charge >= 0.3 is 6.03 Å². The van der Waals surface area contributed by atoms with Crippen LogP contribution in [0.25, 0.3) is 0 Å². The van der Waals surface area contributed by atoms with Crippen molar-refractivity contribution in [1.29, 1.82) is 0 Å². The van der Waals surface area contributed by atoms with E-state index in [1.54, 1.807) is 18.1 Å². The quantitative estimate of drug-likeness (QED) is 0.862. The monoisotopic (exact) mass is 239 g/mol. The maximum atomic E-state index is 11.9. The number of carbonyl (C=O) groups is 1. The molecule has 1 N–H and O–H groups in total. The molecule has 0 spiro atoms.